The fraction of sp³-hybridized carbons (Fsp3) is 0.250. The Morgan fingerprint density at radius 2 is 1.96 bits per heavy atom. The molecule has 0 saturated heterocycles. The van der Waals surface area contributed by atoms with Crippen LogP contribution in [0, 0.1) is 0 Å². The molecule has 0 aliphatic heterocycles. The van der Waals surface area contributed by atoms with Crippen LogP contribution in [0.15, 0.2) is 48.5 Å². The number of aromatic nitrogens is 3. The smallest absolute Gasteiger partial charge is 0.295 e. The van der Waals surface area contributed by atoms with Gasteiger partial charge >= 0.3 is 0 Å². The molecule has 7 nitrogen and oxygen atoms in total. The van der Waals surface area contributed by atoms with Crippen LogP contribution in [-0.4, -0.2) is 33.8 Å². The third kappa shape index (κ3) is 4.00. The molecule has 1 saturated carbocycles. The molecule has 2 aromatic carbocycles. The number of amides is 1. The van der Waals surface area contributed by atoms with Crippen LogP contribution in [0.4, 0.5) is 5.69 Å². The van der Waals surface area contributed by atoms with Gasteiger partial charge in [0.1, 0.15) is 18.2 Å². The van der Waals surface area contributed by atoms with E-state index in [1.807, 2.05) is 18.2 Å². The number of carbonyl (C=O) groups is 1. The first kappa shape index (κ1) is 18.5. The Labute approximate surface area is 167 Å². The van der Waals surface area contributed by atoms with E-state index in [-0.39, 0.29) is 11.7 Å². The number of nitrogens with two attached hydrogens (primary N) is 1. The summed E-state index contributed by atoms with van der Waals surface area (Å²) in [6.07, 6.45) is 2.07. The minimum Gasteiger partial charge on any atom is -0.492 e. The van der Waals surface area contributed by atoms with Crippen molar-refractivity contribution in [3.05, 3.63) is 65.2 Å². The fourth-order valence-electron chi connectivity index (χ4n) is 2.83. The molecule has 1 aliphatic rings. The molecule has 4 rings (SSSR count). The van der Waals surface area contributed by atoms with Gasteiger partial charge in [0.15, 0.2) is 0 Å². The van der Waals surface area contributed by atoms with Gasteiger partial charge in [0.05, 0.1) is 10.7 Å². The summed E-state index contributed by atoms with van der Waals surface area (Å²) in [6.45, 7) is 0.890. The van der Waals surface area contributed by atoms with Gasteiger partial charge in [-0.25, -0.2) is 9.67 Å². The van der Waals surface area contributed by atoms with Crippen LogP contribution < -0.4 is 15.8 Å². The molecule has 0 bridgehead atoms. The second-order valence-electron chi connectivity index (χ2n) is 6.55. The molecule has 1 fully saturated rings. The Morgan fingerprint density at radius 1 is 1.21 bits per heavy atom. The topological polar surface area (TPSA) is 95.1 Å². The monoisotopic (exact) mass is 397 g/mol. The number of para-hydroxylation sites is 1. The number of rotatable bonds is 7. The van der Waals surface area contributed by atoms with Crippen molar-refractivity contribution in [2.24, 2.45) is 5.73 Å². The fourth-order valence-corrected chi connectivity index (χ4v) is 3.04. The molecular formula is C20H20ClN5O2. The van der Waals surface area contributed by atoms with Crippen LogP contribution >= 0.6 is 11.6 Å². The van der Waals surface area contributed by atoms with Crippen molar-refractivity contribution >= 4 is 23.2 Å². The second kappa shape index (κ2) is 8.00. The summed E-state index contributed by atoms with van der Waals surface area (Å²) >= 11 is 6.32. The van der Waals surface area contributed by atoms with Crippen LogP contribution in [0.2, 0.25) is 5.02 Å². The molecule has 1 aromatic heterocycles. The number of anilines is 1. The lowest BCUT2D eigenvalue weighted by Crippen LogP contribution is -2.14. The predicted octanol–water partition coefficient (Wildman–Crippen LogP) is 3.39. The molecule has 0 atom stereocenters. The summed E-state index contributed by atoms with van der Waals surface area (Å²) in [5, 5.41) is 7.81. The summed E-state index contributed by atoms with van der Waals surface area (Å²) in [5.41, 5.74) is 6.77. The standard InChI is InChI=1S/C20H20ClN5O2/c21-16-3-1-2-4-17(16)26-19(13-5-6-13)24-18(25-26)20(27)23-14-7-9-15(10-8-14)28-12-11-22/h1-4,7-10,13H,5-6,11-12,22H2,(H,23,27). The molecular weight excluding hydrogens is 378 g/mol. The van der Waals surface area contributed by atoms with Crippen molar-refractivity contribution < 1.29 is 9.53 Å². The normalized spacial score (nSPS) is 13.4. The zero-order chi connectivity index (χ0) is 19.5. The van der Waals surface area contributed by atoms with Gasteiger partial charge in [-0.3, -0.25) is 4.79 Å². The van der Waals surface area contributed by atoms with Crippen LogP contribution in [0.5, 0.6) is 5.75 Å². The Hall–Kier alpha value is -2.90. The minimum absolute atomic E-state index is 0.116. The van der Waals surface area contributed by atoms with E-state index in [0.717, 1.165) is 24.4 Å². The molecule has 144 valence electrons. The lowest BCUT2D eigenvalue weighted by atomic mass is 10.3. The molecule has 28 heavy (non-hydrogen) atoms. The third-order valence-corrected chi connectivity index (χ3v) is 4.68. The predicted molar refractivity (Wildman–Crippen MR) is 107 cm³/mol. The Bertz CT molecular complexity index is 983. The maximum atomic E-state index is 12.7. The molecule has 0 spiro atoms. The second-order valence-corrected chi connectivity index (χ2v) is 6.95. The first-order chi connectivity index (χ1) is 13.7. The van der Waals surface area contributed by atoms with E-state index in [2.05, 4.69) is 15.4 Å². The number of ether oxygens (including phenoxy) is 1. The van der Waals surface area contributed by atoms with E-state index in [1.165, 1.54) is 0 Å². The van der Waals surface area contributed by atoms with Gasteiger partial charge in [0.2, 0.25) is 5.82 Å². The molecule has 3 aromatic rings. The van der Waals surface area contributed by atoms with Crippen molar-refractivity contribution in [1.29, 1.82) is 0 Å². The van der Waals surface area contributed by atoms with Crippen LogP contribution in [0.25, 0.3) is 5.69 Å². The highest BCUT2D eigenvalue weighted by Crippen LogP contribution is 2.40. The van der Waals surface area contributed by atoms with Gasteiger partial charge < -0.3 is 15.8 Å². The van der Waals surface area contributed by atoms with Crippen molar-refractivity contribution in [3.63, 3.8) is 0 Å². The number of hydrogen-bond donors (Lipinski definition) is 2. The van der Waals surface area contributed by atoms with Crippen molar-refractivity contribution in [2.45, 2.75) is 18.8 Å². The number of nitrogens with one attached hydrogen (secondary N) is 1. The maximum Gasteiger partial charge on any atom is 0.295 e. The SMILES string of the molecule is NCCOc1ccc(NC(=O)c2nc(C3CC3)n(-c3ccccc3Cl)n2)cc1. The summed E-state index contributed by atoms with van der Waals surface area (Å²) in [4.78, 5) is 17.2. The molecule has 0 radical (unpaired) electrons. The quantitative estimate of drug-likeness (QED) is 0.637. The first-order valence-corrected chi connectivity index (χ1v) is 9.49. The molecule has 8 heteroatoms. The first-order valence-electron chi connectivity index (χ1n) is 9.12. The molecule has 1 amide bonds. The van der Waals surface area contributed by atoms with Gasteiger partial charge in [-0.2, -0.15) is 0 Å². The van der Waals surface area contributed by atoms with Gasteiger partial charge in [0, 0.05) is 18.2 Å². The third-order valence-electron chi connectivity index (χ3n) is 4.36. The molecule has 0 unspecified atom stereocenters. The summed E-state index contributed by atoms with van der Waals surface area (Å²) in [7, 11) is 0. The van der Waals surface area contributed by atoms with Gasteiger partial charge in [-0.05, 0) is 49.2 Å². The summed E-state index contributed by atoms with van der Waals surface area (Å²) in [6, 6.07) is 14.5. The van der Waals surface area contributed by atoms with Crippen LogP contribution in [-0.2, 0) is 0 Å². The lowest BCUT2D eigenvalue weighted by Gasteiger charge is -2.07. The number of halogens is 1. The van der Waals surface area contributed by atoms with E-state index < -0.39 is 0 Å². The largest absolute Gasteiger partial charge is 0.492 e. The van der Waals surface area contributed by atoms with Crippen molar-refractivity contribution in [1.82, 2.24) is 14.8 Å². The van der Waals surface area contributed by atoms with Gasteiger partial charge in [-0.15, -0.1) is 5.10 Å². The lowest BCUT2D eigenvalue weighted by molar-refractivity contribution is 0.101. The average molecular weight is 398 g/mol. The highest BCUT2D eigenvalue weighted by Gasteiger charge is 2.32. The number of nitrogens with zero attached hydrogens (tertiary/aromatic N) is 3. The molecule has 1 heterocycles. The molecule has 3 N–H and O–H groups in total. The zero-order valence-corrected chi connectivity index (χ0v) is 15.9. The molecule has 1 aliphatic carbocycles. The van der Waals surface area contributed by atoms with Crippen LogP contribution in [0.1, 0.15) is 35.2 Å². The number of carbonyl (C=O) groups excluding carboxylic acids is 1. The number of benzene rings is 2. The zero-order valence-electron chi connectivity index (χ0n) is 15.1. The number of hydrogen-bond acceptors (Lipinski definition) is 5. The van der Waals surface area contributed by atoms with E-state index in [9.17, 15) is 4.79 Å². The van der Waals surface area contributed by atoms with E-state index in [1.54, 1.807) is 35.0 Å². The van der Waals surface area contributed by atoms with Crippen molar-refractivity contribution in [3.8, 4) is 11.4 Å². The van der Waals surface area contributed by atoms with E-state index in [0.29, 0.717) is 35.5 Å². The Balaban J connectivity index is 1.55. The van der Waals surface area contributed by atoms with Crippen molar-refractivity contribution in [2.75, 3.05) is 18.5 Å². The summed E-state index contributed by atoms with van der Waals surface area (Å²) < 4.78 is 7.11. The highest BCUT2D eigenvalue weighted by atomic mass is 35.5. The van der Waals surface area contributed by atoms with E-state index >= 15 is 0 Å². The van der Waals surface area contributed by atoms with Crippen LogP contribution in [0.3, 0.4) is 0 Å². The maximum absolute atomic E-state index is 12.7. The minimum atomic E-state index is -0.372. The van der Waals surface area contributed by atoms with Gasteiger partial charge in [0.25, 0.3) is 5.91 Å². The Kier molecular flexibility index (Phi) is 5.27. The highest BCUT2D eigenvalue weighted by molar-refractivity contribution is 6.32. The van der Waals surface area contributed by atoms with E-state index in [4.69, 9.17) is 22.1 Å². The van der Waals surface area contributed by atoms with Gasteiger partial charge in [-0.1, -0.05) is 23.7 Å². The average Bonchev–Trinajstić information content (AvgIpc) is 3.46. The Morgan fingerprint density at radius 3 is 2.64 bits per heavy atom. The summed E-state index contributed by atoms with van der Waals surface area (Å²) in [5.74, 6) is 1.52.